The van der Waals surface area contributed by atoms with Crippen LogP contribution in [0.5, 0.6) is 0 Å². The lowest BCUT2D eigenvalue weighted by Crippen LogP contribution is -2.28. The molecule has 0 bridgehead atoms. The lowest BCUT2D eigenvalue weighted by Gasteiger charge is -2.11. The first-order valence-corrected chi connectivity index (χ1v) is 8.38. The number of aryl methyl sites for hydroxylation is 1. The van der Waals surface area contributed by atoms with Gasteiger partial charge in [-0.15, -0.1) is 0 Å². The zero-order valence-electron chi connectivity index (χ0n) is 11.7. The Morgan fingerprint density at radius 2 is 2.15 bits per heavy atom. The van der Waals surface area contributed by atoms with Gasteiger partial charge in [-0.05, 0) is 18.9 Å². The summed E-state index contributed by atoms with van der Waals surface area (Å²) in [4.78, 5) is 0.171. The third-order valence-electron chi connectivity index (χ3n) is 3.60. The number of rotatable bonds is 7. The second kappa shape index (κ2) is 6.71. The van der Waals surface area contributed by atoms with Crippen LogP contribution in [0.2, 0.25) is 0 Å². The van der Waals surface area contributed by atoms with Gasteiger partial charge in [0.1, 0.15) is 0 Å². The maximum atomic E-state index is 12.0. The molecule has 0 radical (unpaired) electrons. The molecule has 1 fully saturated rings. The molecule has 20 heavy (non-hydrogen) atoms. The van der Waals surface area contributed by atoms with Crippen LogP contribution in [0.1, 0.15) is 31.4 Å². The molecule has 2 N–H and O–H groups in total. The smallest absolute Gasteiger partial charge is 0.242 e. The number of aliphatic hydroxyl groups is 1. The van der Waals surface area contributed by atoms with Crippen molar-refractivity contribution in [2.45, 2.75) is 43.3 Å². The first-order chi connectivity index (χ1) is 9.53. The summed E-state index contributed by atoms with van der Waals surface area (Å²) < 4.78 is 33.8. The molecule has 1 aliphatic rings. The number of hydrogen-bond donors (Lipinski definition) is 2. The molecule has 0 saturated heterocycles. The maximum Gasteiger partial charge on any atom is 0.242 e. The van der Waals surface area contributed by atoms with E-state index in [0.29, 0.717) is 12.3 Å². The van der Waals surface area contributed by atoms with Crippen LogP contribution in [0, 0.1) is 0 Å². The van der Waals surface area contributed by atoms with Crippen LogP contribution in [-0.2, 0) is 28.4 Å². The molecule has 1 heterocycles. The summed E-state index contributed by atoms with van der Waals surface area (Å²) in [7, 11) is -1.83. The predicted molar refractivity (Wildman–Crippen MR) is 74.7 cm³/mol. The first-order valence-electron chi connectivity index (χ1n) is 6.90. The SMILES string of the molecule is Cn1cc(S(=O)(=O)NCCOC2CCCC2)cc1CO. The van der Waals surface area contributed by atoms with E-state index in [-0.39, 0.29) is 24.2 Å². The third kappa shape index (κ3) is 3.82. The van der Waals surface area contributed by atoms with Crippen molar-refractivity contribution < 1.29 is 18.3 Å². The van der Waals surface area contributed by atoms with E-state index in [1.54, 1.807) is 11.6 Å². The van der Waals surface area contributed by atoms with Crippen molar-refractivity contribution >= 4 is 10.0 Å². The lowest BCUT2D eigenvalue weighted by atomic mass is 10.3. The van der Waals surface area contributed by atoms with Crippen LogP contribution in [0.15, 0.2) is 17.2 Å². The van der Waals surface area contributed by atoms with E-state index in [9.17, 15) is 8.42 Å². The van der Waals surface area contributed by atoms with Crippen molar-refractivity contribution in [3.05, 3.63) is 18.0 Å². The number of aromatic nitrogens is 1. The average Bonchev–Trinajstić information content (AvgIpc) is 3.04. The quantitative estimate of drug-likeness (QED) is 0.729. The summed E-state index contributed by atoms with van der Waals surface area (Å²) in [5.41, 5.74) is 0.563. The van der Waals surface area contributed by atoms with E-state index in [4.69, 9.17) is 9.84 Å². The fraction of sp³-hybridized carbons (Fsp3) is 0.692. The molecule has 0 aromatic carbocycles. The minimum Gasteiger partial charge on any atom is -0.390 e. The molecule has 0 spiro atoms. The van der Waals surface area contributed by atoms with Gasteiger partial charge in [-0.1, -0.05) is 12.8 Å². The molecule has 0 unspecified atom stereocenters. The average molecular weight is 302 g/mol. The number of nitrogens with one attached hydrogen (secondary N) is 1. The van der Waals surface area contributed by atoms with E-state index in [1.807, 2.05) is 0 Å². The normalized spacial score (nSPS) is 16.9. The fourth-order valence-electron chi connectivity index (χ4n) is 2.42. The number of aliphatic hydroxyl groups excluding tert-OH is 1. The monoisotopic (exact) mass is 302 g/mol. The van der Waals surface area contributed by atoms with Crippen molar-refractivity contribution in [3.63, 3.8) is 0 Å². The van der Waals surface area contributed by atoms with Gasteiger partial charge in [0.25, 0.3) is 0 Å². The van der Waals surface area contributed by atoms with Crippen LogP contribution < -0.4 is 4.72 Å². The van der Waals surface area contributed by atoms with Crippen molar-refractivity contribution in [1.29, 1.82) is 0 Å². The van der Waals surface area contributed by atoms with E-state index < -0.39 is 10.0 Å². The fourth-order valence-corrected chi connectivity index (χ4v) is 3.53. The Morgan fingerprint density at radius 3 is 2.75 bits per heavy atom. The minimum atomic E-state index is -3.53. The molecule has 0 atom stereocenters. The molecular weight excluding hydrogens is 280 g/mol. The summed E-state index contributed by atoms with van der Waals surface area (Å²) in [6.45, 7) is 0.475. The highest BCUT2D eigenvalue weighted by Gasteiger charge is 2.18. The van der Waals surface area contributed by atoms with Crippen LogP contribution in [0.4, 0.5) is 0 Å². The summed E-state index contributed by atoms with van der Waals surface area (Å²) in [6.07, 6.45) is 6.33. The number of ether oxygens (including phenoxy) is 1. The number of hydrogen-bond acceptors (Lipinski definition) is 4. The highest BCUT2D eigenvalue weighted by molar-refractivity contribution is 7.89. The van der Waals surface area contributed by atoms with Crippen molar-refractivity contribution in [2.24, 2.45) is 7.05 Å². The Labute approximate surface area is 119 Å². The zero-order valence-corrected chi connectivity index (χ0v) is 12.5. The lowest BCUT2D eigenvalue weighted by molar-refractivity contribution is 0.0626. The predicted octanol–water partition coefficient (Wildman–Crippen LogP) is 0.755. The van der Waals surface area contributed by atoms with Crippen molar-refractivity contribution in [3.8, 4) is 0 Å². The molecule has 0 amide bonds. The molecule has 6 nitrogen and oxygen atoms in total. The molecule has 2 rings (SSSR count). The van der Waals surface area contributed by atoms with Gasteiger partial charge in [0.05, 0.1) is 24.2 Å². The van der Waals surface area contributed by atoms with Crippen LogP contribution >= 0.6 is 0 Å². The van der Waals surface area contributed by atoms with Crippen molar-refractivity contribution in [1.82, 2.24) is 9.29 Å². The summed E-state index contributed by atoms with van der Waals surface area (Å²) in [6, 6.07) is 1.47. The highest BCUT2D eigenvalue weighted by atomic mass is 32.2. The molecule has 114 valence electrons. The summed E-state index contributed by atoms with van der Waals surface area (Å²) in [5.74, 6) is 0. The standard InChI is InChI=1S/C13H22N2O4S/c1-15-9-13(8-11(15)10-16)20(17,18)14-6-7-19-12-4-2-3-5-12/h8-9,12,14,16H,2-7,10H2,1H3. The largest absolute Gasteiger partial charge is 0.390 e. The molecular formula is C13H22N2O4S. The van der Waals surface area contributed by atoms with Crippen molar-refractivity contribution in [2.75, 3.05) is 13.2 Å². The summed E-state index contributed by atoms with van der Waals surface area (Å²) in [5, 5.41) is 9.08. The van der Waals surface area contributed by atoms with Gasteiger partial charge in [-0.25, -0.2) is 13.1 Å². The van der Waals surface area contributed by atoms with Crippen LogP contribution in [0.3, 0.4) is 0 Å². The van der Waals surface area contributed by atoms with Gasteiger partial charge in [0.2, 0.25) is 10.0 Å². The van der Waals surface area contributed by atoms with E-state index >= 15 is 0 Å². The Balaban J connectivity index is 1.83. The van der Waals surface area contributed by atoms with Gasteiger partial charge >= 0.3 is 0 Å². The number of nitrogens with zero attached hydrogens (tertiary/aromatic N) is 1. The van der Waals surface area contributed by atoms with Gasteiger partial charge < -0.3 is 14.4 Å². The van der Waals surface area contributed by atoms with Gasteiger partial charge in [-0.2, -0.15) is 0 Å². The van der Waals surface area contributed by atoms with Crippen LogP contribution in [-0.4, -0.2) is 37.3 Å². The Kier molecular flexibility index (Phi) is 5.20. The third-order valence-corrected chi connectivity index (χ3v) is 5.03. The minimum absolute atomic E-state index is 0.171. The van der Waals surface area contributed by atoms with Gasteiger partial charge in [0.15, 0.2) is 0 Å². The van der Waals surface area contributed by atoms with Crippen LogP contribution in [0.25, 0.3) is 0 Å². The first kappa shape index (κ1) is 15.5. The maximum absolute atomic E-state index is 12.0. The topological polar surface area (TPSA) is 80.6 Å². The molecule has 0 aliphatic heterocycles. The molecule has 1 aromatic rings. The molecule has 1 aromatic heterocycles. The van der Waals surface area contributed by atoms with Gasteiger partial charge in [0, 0.05) is 25.5 Å². The highest BCUT2D eigenvalue weighted by Crippen LogP contribution is 2.20. The Morgan fingerprint density at radius 1 is 1.45 bits per heavy atom. The van der Waals surface area contributed by atoms with E-state index in [0.717, 1.165) is 12.8 Å². The van der Waals surface area contributed by atoms with Gasteiger partial charge in [-0.3, -0.25) is 0 Å². The molecule has 1 saturated carbocycles. The zero-order chi connectivity index (χ0) is 14.6. The Hall–Kier alpha value is -0.890. The van der Waals surface area contributed by atoms with E-state index in [1.165, 1.54) is 25.1 Å². The number of sulfonamides is 1. The second-order valence-electron chi connectivity index (χ2n) is 5.11. The molecule has 1 aliphatic carbocycles. The second-order valence-corrected chi connectivity index (χ2v) is 6.88. The van der Waals surface area contributed by atoms with E-state index in [2.05, 4.69) is 4.72 Å². The summed E-state index contributed by atoms with van der Waals surface area (Å²) >= 11 is 0. The Bertz CT molecular complexity index is 533. The molecule has 7 heteroatoms.